The van der Waals surface area contributed by atoms with Gasteiger partial charge in [-0.2, -0.15) is 0 Å². The largest absolute Gasteiger partial charge is 0.383 e. The van der Waals surface area contributed by atoms with E-state index in [0.29, 0.717) is 32.0 Å². The molecule has 0 radical (unpaired) electrons. The molecule has 4 aromatic rings. The number of nitrogens with zero attached hydrogens (tertiary/aromatic N) is 4. The fourth-order valence-corrected chi connectivity index (χ4v) is 4.94. The molecule has 1 aliphatic rings. The Morgan fingerprint density at radius 3 is 2.81 bits per heavy atom. The second kappa shape index (κ2) is 8.25. The molecule has 158 valence electrons. The number of H-pyrrole nitrogens is 1. The summed E-state index contributed by atoms with van der Waals surface area (Å²) in [5, 5.41) is 2.67. The molecule has 0 spiro atoms. The van der Waals surface area contributed by atoms with Gasteiger partial charge in [-0.3, -0.25) is 9.69 Å². The molecule has 5 rings (SSSR count). The number of hydrogen-bond donors (Lipinski definition) is 2. The Kier molecular flexibility index (Phi) is 5.45. The van der Waals surface area contributed by atoms with Crippen molar-refractivity contribution in [2.75, 3.05) is 25.4 Å². The lowest BCUT2D eigenvalue weighted by molar-refractivity contribution is -0.136. The molecule has 9 heteroatoms. The van der Waals surface area contributed by atoms with Crippen LogP contribution in [0, 0.1) is 3.57 Å². The van der Waals surface area contributed by atoms with E-state index in [1.54, 1.807) is 0 Å². The molecule has 0 aliphatic carbocycles. The number of aromatic amines is 1. The van der Waals surface area contributed by atoms with Crippen LogP contribution in [-0.4, -0.2) is 50.3 Å². The highest BCUT2D eigenvalue weighted by Gasteiger charge is 2.25. The Labute approximate surface area is 197 Å². The van der Waals surface area contributed by atoms with E-state index in [4.69, 9.17) is 17.3 Å². The fraction of sp³-hybridized carbons (Fsp3) is 0.227. The molecule has 31 heavy (non-hydrogen) atoms. The lowest BCUT2D eigenvalue weighted by Crippen LogP contribution is -2.49. The Bertz CT molecular complexity index is 1310. The second-order valence-electron chi connectivity index (χ2n) is 7.74. The van der Waals surface area contributed by atoms with Gasteiger partial charge in [-0.1, -0.05) is 17.7 Å². The number of fused-ring (bicyclic) bond motifs is 2. The number of anilines is 1. The third-order valence-corrected chi connectivity index (χ3v) is 7.12. The van der Waals surface area contributed by atoms with Gasteiger partial charge in [0.1, 0.15) is 12.1 Å². The maximum atomic E-state index is 12.8. The zero-order valence-electron chi connectivity index (χ0n) is 16.6. The number of rotatable bonds is 4. The summed E-state index contributed by atoms with van der Waals surface area (Å²) in [6.07, 6.45) is 1.46. The lowest BCUT2D eigenvalue weighted by Gasteiger charge is -2.34. The van der Waals surface area contributed by atoms with Crippen molar-refractivity contribution in [2.45, 2.75) is 13.1 Å². The van der Waals surface area contributed by atoms with Crippen molar-refractivity contribution in [3.05, 3.63) is 62.6 Å². The number of nitrogens with two attached hydrogens (primary N) is 1. The lowest BCUT2D eigenvalue weighted by atomic mass is 10.1. The average Bonchev–Trinajstić information content (AvgIpc) is 3.05. The summed E-state index contributed by atoms with van der Waals surface area (Å²) in [6, 6.07) is 11.7. The van der Waals surface area contributed by atoms with Gasteiger partial charge in [-0.25, -0.2) is 9.97 Å². The normalized spacial score (nSPS) is 15.3. The summed E-state index contributed by atoms with van der Waals surface area (Å²) in [7, 11) is 0. The Morgan fingerprint density at radius 2 is 1.97 bits per heavy atom. The standard InChI is InChI=1S/C22H20ClIN6O/c23-14-2-4-17-16(8-14)21(24)19(28-17)10-29-5-6-30(20(31)11-29)9-13-1-3-15-18(7-13)26-12-27-22(15)25/h1-4,7-8,12,28H,5-6,9-11H2,(H2,25,26,27). The maximum absolute atomic E-state index is 12.8. The van der Waals surface area contributed by atoms with Crippen molar-refractivity contribution in [2.24, 2.45) is 0 Å². The number of nitrogen functional groups attached to an aromatic ring is 1. The van der Waals surface area contributed by atoms with Crippen LogP contribution in [0.25, 0.3) is 21.8 Å². The van der Waals surface area contributed by atoms with E-state index in [1.165, 1.54) is 6.33 Å². The van der Waals surface area contributed by atoms with Gasteiger partial charge in [0.2, 0.25) is 5.91 Å². The minimum Gasteiger partial charge on any atom is -0.383 e. The number of halogens is 2. The summed E-state index contributed by atoms with van der Waals surface area (Å²) >= 11 is 8.49. The van der Waals surface area contributed by atoms with Crippen molar-refractivity contribution in [3.8, 4) is 0 Å². The van der Waals surface area contributed by atoms with Gasteiger partial charge in [0.05, 0.1) is 12.1 Å². The molecule has 2 aromatic heterocycles. The van der Waals surface area contributed by atoms with Crippen molar-refractivity contribution in [1.82, 2.24) is 24.8 Å². The summed E-state index contributed by atoms with van der Waals surface area (Å²) in [5.41, 5.74) is 9.92. The van der Waals surface area contributed by atoms with E-state index in [9.17, 15) is 4.79 Å². The first-order valence-electron chi connectivity index (χ1n) is 9.93. The molecule has 1 aliphatic heterocycles. The third-order valence-electron chi connectivity index (χ3n) is 5.65. The van der Waals surface area contributed by atoms with Gasteiger partial charge in [0.25, 0.3) is 0 Å². The molecule has 0 bridgehead atoms. The Hall–Kier alpha value is -2.43. The van der Waals surface area contributed by atoms with E-state index in [0.717, 1.165) is 48.2 Å². The molecule has 2 aromatic carbocycles. The quantitative estimate of drug-likeness (QED) is 0.380. The number of aromatic nitrogens is 3. The molecule has 7 nitrogen and oxygen atoms in total. The molecular weight excluding hydrogens is 527 g/mol. The first kappa shape index (κ1) is 20.5. The summed E-state index contributed by atoms with van der Waals surface area (Å²) in [5.74, 6) is 0.595. The van der Waals surface area contributed by atoms with Crippen LogP contribution in [0.3, 0.4) is 0 Å². The molecule has 3 N–H and O–H groups in total. The topological polar surface area (TPSA) is 91.1 Å². The van der Waals surface area contributed by atoms with Crippen molar-refractivity contribution < 1.29 is 4.79 Å². The zero-order valence-corrected chi connectivity index (χ0v) is 19.5. The van der Waals surface area contributed by atoms with Crippen LogP contribution >= 0.6 is 34.2 Å². The number of amides is 1. The number of hydrogen-bond acceptors (Lipinski definition) is 5. The van der Waals surface area contributed by atoms with Gasteiger partial charge < -0.3 is 15.6 Å². The van der Waals surface area contributed by atoms with Gasteiger partial charge >= 0.3 is 0 Å². The maximum Gasteiger partial charge on any atom is 0.237 e. The van der Waals surface area contributed by atoms with Crippen LogP contribution in [0.4, 0.5) is 5.82 Å². The van der Waals surface area contributed by atoms with Gasteiger partial charge in [0.15, 0.2) is 0 Å². The van der Waals surface area contributed by atoms with Crippen LogP contribution in [0.15, 0.2) is 42.7 Å². The summed E-state index contributed by atoms with van der Waals surface area (Å²) in [6.45, 7) is 3.17. The van der Waals surface area contributed by atoms with Crippen molar-refractivity contribution >= 4 is 67.7 Å². The first-order chi connectivity index (χ1) is 15.0. The number of benzene rings is 2. The van der Waals surface area contributed by atoms with Gasteiger partial charge in [-0.15, -0.1) is 0 Å². The highest BCUT2D eigenvalue weighted by atomic mass is 127. The molecule has 1 saturated heterocycles. The number of nitrogens with one attached hydrogen (secondary N) is 1. The van der Waals surface area contributed by atoms with Gasteiger partial charge in [0, 0.05) is 56.8 Å². The van der Waals surface area contributed by atoms with E-state index in [-0.39, 0.29) is 5.91 Å². The molecule has 1 fully saturated rings. The molecule has 0 unspecified atom stereocenters. The van der Waals surface area contributed by atoms with Gasteiger partial charge in [-0.05, 0) is 58.5 Å². The Morgan fingerprint density at radius 1 is 1.10 bits per heavy atom. The van der Waals surface area contributed by atoms with Crippen LogP contribution in [0.5, 0.6) is 0 Å². The van der Waals surface area contributed by atoms with E-state index in [2.05, 4.69) is 42.4 Å². The molecule has 1 amide bonds. The predicted molar refractivity (Wildman–Crippen MR) is 131 cm³/mol. The highest BCUT2D eigenvalue weighted by molar-refractivity contribution is 14.1. The summed E-state index contributed by atoms with van der Waals surface area (Å²) in [4.78, 5) is 28.7. The SMILES string of the molecule is Nc1ncnc2cc(CN3CCN(Cc4[nH]c5ccc(Cl)cc5c4I)CC3=O)ccc12. The molecule has 0 atom stereocenters. The minimum atomic E-state index is 0.128. The van der Waals surface area contributed by atoms with Crippen LogP contribution in [-0.2, 0) is 17.9 Å². The van der Waals surface area contributed by atoms with Crippen molar-refractivity contribution in [3.63, 3.8) is 0 Å². The number of piperazine rings is 1. The number of carbonyl (C=O) groups excluding carboxylic acids is 1. The Balaban J connectivity index is 1.27. The molecular formula is C22H20ClIN6O. The van der Waals surface area contributed by atoms with Crippen LogP contribution in [0.2, 0.25) is 5.02 Å². The average molecular weight is 547 g/mol. The van der Waals surface area contributed by atoms with Crippen molar-refractivity contribution in [1.29, 1.82) is 0 Å². The van der Waals surface area contributed by atoms with Crippen LogP contribution in [0.1, 0.15) is 11.3 Å². The first-order valence-corrected chi connectivity index (χ1v) is 11.4. The van der Waals surface area contributed by atoms with E-state index >= 15 is 0 Å². The predicted octanol–water partition coefficient (Wildman–Crippen LogP) is 3.80. The third kappa shape index (κ3) is 4.07. The number of carbonyl (C=O) groups is 1. The fourth-order valence-electron chi connectivity index (χ4n) is 4.02. The molecule has 0 saturated carbocycles. The van der Waals surface area contributed by atoms with Crippen LogP contribution < -0.4 is 5.73 Å². The smallest absolute Gasteiger partial charge is 0.237 e. The monoisotopic (exact) mass is 546 g/mol. The zero-order chi connectivity index (χ0) is 21.5. The van der Waals surface area contributed by atoms with E-state index in [1.807, 2.05) is 41.3 Å². The summed E-state index contributed by atoms with van der Waals surface area (Å²) < 4.78 is 1.16. The molecule has 3 heterocycles. The minimum absolute atomic E-state index is 0.128. The van der Waals surface area contributed by atoms with E-state index < -0.39 is 0 Å². The second-order valence-corrected chi connectivity index (χ2v) is 9.26. The highest BCUT2D eigenvalue weighted by Crippen LogP contribution is 2.28.